The minimum Gasteiger partial charge on any atom is -0.312 e. The zero-order chi connectivity index (χ0) is 19.3. The average Bonchev–Trinajstić information content (AvgIpc) is 2.77. The van der Waals surface area contributed by atoms with E-state index in [2.05, 4.69) is 0 Å². The summed E-state index contributed by atoms with van der Waals surface area (Å²) in [6.45, 7) is 1.22. The van der Waals surface area contributed by atoms with Gasteiger partial charge in [-0.2, -0.15) is 18.4 Å². The number of amides is 3. The highest BCUT2D eigenvalue weighted by molar-refractivity contribution is 6.23. The minimum absolute atomic E-state index is 0.172. The summed E-state index contributed by atoms with van der Waals surface area (Å²) in [7, 11) is 3.40. The number of piperidine rings is 1. The van der Waals surface area contributed by atoms with Gasteiger partial charge in [-0.1, -0.05) is 0 Å². The standard InChI is InChI=1S/C17H17F3N4O2/c1-22-7-5-16(6-8-22)14(25)24(15(26)23(16)2)12-4-3-11(10-21)13(9-12)17(18,19)20/h3-4,9H,5-8H2,1-2H3. The van der Waals surface area contributed by atoms with Crippen LogP contribution >= 0.6 is 0 Å². The van der Waals surface area contributed by atoms with Crippen molar-refractivity contribution in [3.63, 3.8) is 0 Å². The summed E-state index contributed by atoms with van der Waals surface area (Å²) in [5.41, 5.74) is -2.92. The normalized spacial score (nSPS) is 20.8. The van der Waals surface area contributed by atoms with Crippen molar-refractivity contribution < 1.29 is 22.8 Å². The van der Waals surface area contributed by atoms with Crippen LogP contribution in [0.1, 0.15) is 24.0 Å². The second kappa shape index (κ2) is 5.99. The molecule has 0 atom stereocenters. The van der Waals surface area contributed by atoms with Crippen LogP contribution in [0.2, 0.25) is 0 Å². The number of halogens is 3. The van der Waals surface area contributed by atoms with Crippen LogP contribution in [-0.2, 0) is 11.0 Å². The summed E-state index contributed by atoms with van der Waals surface area (Å²) in [6, 6.07) is 3.71. The van der Waals surface area contributed by atoms with Gasteiger partial charge in [0.2, 0.25) is 0 Å². The van der Waals surface area contributed by atoms with Crippen molar-refractivity contribution in [3.8, 4) is 6.07 Å². The Labute approximate surface area is 148 Å². The summed E-state index contributed by atoms with van der Waals surface area (Å²) in [4.78, 5) is 29.8. The molecule has 2 aliphatic rings. The molecule has 0 aliphatic carbocycles. The predicted molar refractivity (Wildman–Crippen MR) is 86.3 cm³/mol. The summed E-state index contributed by atoms with van der Waals surface area (Å²) in [5.74, 6) is -0.518. The molecule has 9 heteroatoms. The van der Waals surface area contributed by atoms with Crippen LogP contribution in [0.4, 0.5) is 23.7 Å². The van der Waals surface area contributed by atoms with Gasteiger partial charge in [0.15, 0.2) is 0 Å². The van der Waals surface area contributed by atoms with Gasteiger partial charge in [0.25, 0.3) is 5.91 Å². The van der Waals surface area contributed by atoms with E-state index in [1.54, 1.807) is 0 Å². The van der Waals surface area contributed by atoms with Crippen molar-refractivity contribution in [3.05, 3.63) is 29.3 Å². The molecule has 0 radical (unpaired) electrons. The zero-order valence-corrected chi connectivity index (χ0v) is 14.3. The summed E-state index contributed by atoms with van der Waals surface area (Å²) in [5, 5.41) is 8.90. The Morgan fingerprint density at radius 3 is 2.31 bits per heavy atom. The molecular weight excluding hydrogens is 349 g/mol. The first-order valence-corrected chi connectivity index (χ1v) is 8.04. The Hall–Kier alpha value is -2.60. The largest absolute Gasteiger partial charge is 0.417 e. The van der Waals surface area contributed by atoms with E-state index in [4.69, 9.17) is 5.26 Å². The van der Waals surface area contributed by atoms with Crippen molar-refractivity contribution in [1.82, 2.24) is 9.80 Å². The van der Waals surface area contributed by atoms with Crippen molar-refractivity contribution in [1.29, 1.82) is 5.26 Å². The van der Waals surface area contributed by atoms with Gasteiger partial charge >= 0.3 is 12.2 Å². The maximum absolute atomic E-state index is 13.2. The van der Waals surface area contributed by atoms with Gasteiger partial charge in [-0.25, -0.2) is 9.69 Å². The number of rotatable bonds is 1. The number of hydrogen-bond donors (Lipinski definition) is 0. The number of nitriles is 1. The molecule has 2 saturated heterocycles. The fourth-order valence-electron chi connectivity index (χ4n) is 3.54. The number of anilines is 1. The number of urea groups is 1. The zero-order valence-electron chi connectivity index (χ0n) is 14.3. The number of likely N-dealkylation sites (N-methyl/N-ethyl adjacent to an activating group) is 1. The molecule has 2 aliphatic heterocycles. The maximum atomic E-state index is 13.2. The van der Waals surface area contributed by atoms with Crippen molar-refractivity contribution in [2.24, 2.45) is 0 Å². The van der Waals surface area contributed by atoms with Crippen LogP contribution in [0.3, 0.4) is 0 Å². The lowest BCUT2D eigenvalue weighted by molar-refractivity contribution is -0.137. The first kappa shape index (κ1) is 18.2. The molecule has 3 amide bonds. The second-order valence-electron chi connectivity index (χ2n) is 6.66. The first-order valence-electron chi connectivity index (χ1n) is 8.04. The van der Waals surface area contributed by atoms with Gasteiger partial charge in [-0.3, -0.25) is 4.79 Å². The number of alkyl halides is 3. The lowest BCUT2D eigenvalue weighted by Gasteiger charge is -2.39. The fraction of sp³-hybridized carbons (Fsp3) is 0.471. The Morgan fingerprint density at radius 1 is 1.15 bits per heavy atom. The van der Waals surface area contributed by atoms with Gasteiger partial charge in [0, 0.05) is 20.1 Å². The molecule has 2 fully saturated rings. The predicted octanol–water partition coefficient (Wildman–Crippen LogP) is 2.44. The highest BCUT2D eigenvalue weighted by atomic mass is 19.4. The lowest BCUT2D eigenvalue weighted by Crippen LogP contribution is -2.54. The lowest BCUT2D eigenvalue weighted by atomic mass is 9.86. The van der Waals surface area contributed by atoms with E-state index < -0.39 is 34.8 Å². The van der Waals surface area contributed by atoms with Gasteiger partial charge in [-0.05, 0) is 38.1 Å². The van der Waals surface area contributed by atoms with Gasteiger partial charge in [0.05, 0.1) is 22.9 Å². The quantitative estimate of drug-likeness (QED) is 0.716. The van der Waals surface area contributed by atoms with Crippen LogP contribution in [0.25, 0.3) is 0 Å². The molecule has 0 unspecified atom stereocenters. The number of carbonyl (C=O) groups excluding carboxylic acids is 2. The molecule has 138 valence electrons. The smallest absolute Gasteiger partial charge is 0.312 e. The highest BCUT2D eigenvalue weighted by Gasteiger charge is 2.56. The van der Waals surface area contributed by atoms with E-state index in [-0.39, 0.29) is 5.69 Å². The van der Waals surface area contributed by atoms with Crippen LogP contribution in [0, 0.1) is 11.3 Å². The highest BCUT2D eigenvalue weighted by Crippen LogP contribution is 2.40. The molecule has 3 rings (SSSR count). The Morgan fingerprint density at radius 2 is 1.77 bits per heavy atom. The monoisotopic (exact) mass is 366 g/mol. The average molecular weight is 366 g/mol. The van der Waals surface area contributed by atoms with E-state index >= 15 is 0 Å². The van der Waals surface area contributed by atoms with E-state index in [0.29, 0.717) is 32.0 Å². The Balaban J connectivity index is 2.04. The van der Waals surface area contributed by atoms with E-state index in [9.17, 15) is 22.8 Å². The molecule has 0 aromatic heterocycles. The molecule has 1 spiro atoms. The molecule has 2 heterocycles. The molecule has 26 heavy (non-hydrogen) atoms. The molecular formula is C17H17F3N4O2. The molecule has 0 bridgehead atoms. The topological polar surface area (TPSA) is 67.6 Å². The number of imide groups is 1. The summed E-state index contributed by atoms with van der Waals surface area (Å²) < 4.78 is 39.6. The third-order valence-corrected chi connectivity index (χ3v) is 5.22. The SMILES string of the molecule is CN1CCC2(CC1)C(=O)N(c1ccc(C#N)c(C(F)(F)F)c1)C(=O)N2C. The van der Waals surface area contributed by atoms with Gasteiger partial charge < -0.3 is 9.80 Å². The van der Waals surface area contributed by atoms with Crippen LogP contribution in [-0.4, -0.2) is 54.5 Å². The molecule has 0 saturated carbocycles. The fourth-order valence-corrected chi connectivity index (χ4v) is 3.54. The van der Waals surface area contributed by atoms with Crippen molar-refractivity contribution in [2.75, 3.05) is 32.1 Å². The third kappa shape index (κ3) is 2.61. The summed E-state index contributed by atoms with van der Waals surface area (Å²) in [6.07, 6.45) is -3.92. The molecule has 1 aromatic rings. The number of likely N-dealkylation sites (tertiary alicyclic amines) is 1. The second-order valence-corrected chi connectivity index (χ2v) is 6.66. The number of benzene rings is 1. The first-order chi connectivity index (χ1) is 12.1. The minimum atomic E-state index is -4.76. The Kier molecular flexibility index (Phi) is 4.19. The molecule has 1 aromatic carbocycles. The van der Waals surface area contributed by atoms with E-state index in [0.717, 1.165) is 11.0 Å². The molecule has 6 nitrogen and oxygen atoms in total. The number of nitrogens with zero attached hydrogens (tertiary/aromatic N) is 4. The maximum Gasteiger partial charge on any atom is 0.417 e. The summed E-state index contributed by atoms with van der Waals surface area (Å²) >= 11 is 0. The Bertz CT molecular complexity index is 807. The van der Waals surface area contributed by atoms with Gasteiger partial charge in [-0.15, -0.1) is 0 Å². The number of hydrogen-bond acceptors (Lipinski definition) is 4. The van der Waals surface area contributed by atoms with Crippen LogP contribution in [0.15, 0.2) is 18.2 Å². The van der Waals surface area contributed by atoms with Crippen LogP contribution in [0.5, 0.6) is 0 Å². The van der Waals surface area contributed by atoms with Crippen molar-refractivity contribution >= 4 is 17.6 Å². The third-order valence-electron chi connectivity index (χ3n) is 5.22. The molecule has 0 N–H and O–H groups in total. The van der Waals surface area contributed by atoms with E-state index in [1.807, 2.05) is 11.9 Å². The number of carbonyl (C=O) groups is 2. The van der Waals surface area contributed by atoms with Gasteiger partial charge in [0.1, 0.15) is 5.54 Å². The van der Waals surface area contributed by atoms with Crippen LogP contribution < -0.4 is 4.90 Å². The van der Waals surface area contributed by atoms with E-state index in [1.165, 1.54) is 24.1 Å². The van der Waals surface area contributed by atoms with Crippen molar-refractivity contribution in [2.45, 2.75) is 24.6 Å².